The Morgan fingerprint density at radius 2 is 1.59 bits per heavy atom. The Labute approximate surface area is 261 Å². The van der Waals surface area contributed by atoms with Crippen LogP contribution in [0, 0.1) is 11.8 Å². The Morgan fingerprint density at radius 3 is 2.34 bits per heavy atom. The van der Waals surface area contributed by atoms with Gasteiger partial charge >= 0.3 is 0 Å². The van der Waals surface area contributed by atoms with Crippen LogP contribution in [0.1, 0.15) is 69.2 Å². The Hall–Kier alpha value is -4.26. The van der Waals surface area contributed by atoms with Gasteiger partial charge in [0.25, 0.3) is 0 Å². The second-order valence-corrected chi connectivity index (χ2v) is 12.2. The molecule has 3 atom stereocenters. The highest BCUT2D eigenvalue weighted by Crippen LogP contribution is 2.24. The quantitative estimate of drug-likeness (QED) is 0.0920. The lowest BCUT2D eigenvalue weighted by atomic mass is 9.89. The van der Waals surface area contributed by atoms with Crippen LogP contribution in [0.2, 0.25) is 0 Å². The summed E-state index contributed by atoms with van der Waals surface area (Å²) in [6, 6.07) is 23.6. The lowest BCUT2D eigenvalue weighted by molar-refractivity contribution is -0.132. The standard InChI is InChI=1S/C37H46N4O3/c1-27(2)21-33(25-42)40-37(44)35(23-32-24-38-26-39-32)41-36(43)31(17-9-4-3-6-13-28-14-7-5-8-15-28)22-30-19-12-18-29-16-10-11-20-34(29)30/h5,7-8,10-12,14-16,18-20,24-27,31,33,35H,3-4,6,9,13,17,21-23H2,1-2H3,(H,38,39)(H,40,44)(H,41,43)/t31?,33-,35-/m0/s1. The van der Waals surface area contributed by atoms with Crippen molar-refractivity contribution in [3.05, 3.63) is 102 Å². The number of imidazole rings is 1. The molecule has 232 valence electrons. The maximum Gasteiger partial charge on any atom is 0.243 e. The molecule has 0 spiro atoms. The van der Waals surface area contributed by atoms with Crippen LogP contribution in [0.25, 0.3) is 10.8 Å². The number of nitrogens with zero attached hydrogens (tertiary/aromatic N) is 1. The van der Waals surface area contributed by atoms with E-state index >= 15 is 0 Å². The first-order valence-electron chi connectivity index (χ1n) is 16.0. The predicted octanol–water partition coefficient (Wildman–Crippen LogP) is 6.37. The number of hydrogen-bond donors (Lipinski definition) is 3. The molecule has 0 bridgehead atoms. The van der Waals surface area contributed by atoms with Crippen molar-refractivity contribution >= 4 is 28.9 Å². The van der Waals surface area contributed by atoms with Crippen molar-refractivity contribution in [1.82, 2.24) is 20.6 Å². The summed E-state index contributed by atoms with van der Waals surface area (Å²) < 4.78 is 0. The first kappa shape index (κ1) is 32.6. The zero-order chi connectivity index (χ0) is 31.1. The van der Waals surface area contributed by atoms with Gasteiger partial charge in [-0.05, 0) is 59.9 Å². The fourth-order valence-corrected chi connectivity index (χ4v) is 5.83. The molecule has 1 aromatic heterocycles. The number of aromatic nitrogens is 2. The smallest absolute Gasteiger partial charge is 0.243 e. The third-order valence-corrected chi connectivity index (χ3v) is 8.16. The highest BCUT2D eigenvalue weighted by Gasteiger charge is 2.28. The molecule has 0 aliphatic rings. The van der Waals surface area contributed by atoms with Crippen molar-refractivity contribution in [2.75, 3.05) is 0 Å². The summed E-state index contributed by atoms with van der Waals surface area (Å²) in [4.78, 5) is 46.2. The summed E-state index contributed by atoms with van der Waals surface area (Å²) in [6.45, 7) is 4.01. The van der Waals surface area contributed by atoms with E-state index in [1.807, 2.05) is 38.1 Å². The molecule has 44 heavy (non-hydrogen) atoms. The van der Waals surface area contributed by atoms with Crippen molar-refractivity contribution in [3.8, 4) is 0 Å². The number of H-pyrrole nitrogens is 1. The van der Waals surface area contributed by atoms with Gasteiger partial charge in [0, 0.05) is 24.2 Å². The van der Waals surface area contributed by atoms with E-state index in [0.29, 0.717) is 12.8 Å². The number of benzene rings is 3. The first-order valence-corrected chi connectivity index (χ1v) is 16.0. The maximum atomic E-state index is 14.0. The second kappa shape index (κ2) is 17.1. The Balaban J connectivity index is 1.46. The molecule has 0 saturated carbocycles. The highest BCUT2D eigenvalue weighted by molar-refractivity contribution is 5.91. The molecule has 0 saturated heterocycles. The van der Waals surface area contributed by atoms with Crippen LogP contribution in [-0.4, -0.2) is 40.2 Å². The number of nitrogens with one attached hydrogen (secondary N) is 3. The number of aryl methyl sites for hydroxylation is 1. The maximum absolute atomic E-state index is 14.0. The largest absolute Gasteiger partial charge is 0.348 e. The van der Waals surface area contributed by atoms with Gasteiger partial charge in [-0.25, -0.2) is 4.98 Å². The minimum absolute atomic E-state index is 0.145. The van der Waals surface area contributed by atoms with Crippen LogP contribution in [0.5, 0.6) is 0 Å². The Bertz CT molecular complexity index is 1450. The fraction of sp³-hybridized carbons (Fsp3) is 0.405. The molecule has 3 N–H and O–H groups in total. The van der Waals surface area contributed by atoms with Crippen molar-refractivity contribution in [2.45, 2.75) is 83.7 Å². The fourth-order valence-electron chi connectivity index (χ4n) is 5.83. The molecule has 2 amide bonds. The van der Waals surface area contributed by atoms with E-state index in [0.717, 1.165) is 66.8 Å². The van der Waals surface area contributed by atoms with Gasteiger partial charge in [-0.3, -0.25) is 9.59 Å². The molecular formula is C37H46N4O3. The van der Waals surface area contributed by atoms with Gasteiger partial charge in [0.2, 0.25) is 11.8 Å². The zero-order valence-electron chi connectivity index (χ0n) is 26.0. The number of carbonyl (C=O) groups excluding carboxylic acids is 3. The lowest BCUT2D eigenvalue weighted by Crippen LogP contribution is -2.52. The molecule has 4 rings (SSSR count). The summed E-state index contributed by atoms with van der Waals surface area (Å²) in [5, 5.41) is 8.21. The predicted molar refractivity (Wildman–Crippen MR) is 176 cm³/mol. The van der Waals surface area contributed by atoms with Gasteiger partial charge in [0.1, 0.15) is 12.3 Å². The van der Waals surface area contributed by atoms with E-state index in [9.17, 15) is 14.4 Å². The van der Waals surface area contributed by atoms with Gasteiger partial charge in [-0.1, -0.05) is 106 Å². The lowest BCUT2D eigenvalue weighted by Gasteiger charge is -2.24. The Kier molecular flexibility index (Phi) is 12.7. The summed E-state index contributed by atoms with van der Waals surface area (Å²) in [7, 11) is 0. The molecule has 4 aromatic rings. The minimum Gasteiger partial charge on any atom is -0.348 e. The summed E-state index contributed by atoms with van der Waals surface area (Å²) in [5.41, 5.74) is 3.22. The molecule has 3 aromatic carbocycles. The van der Waals surface area contributed by atoms with E-state index in [1.165, 1.54) is 5.56 Å². The molecule has 1 heterocycles. The molecule has 7 nitrogen and oxygen atoms in total. The average Bonchev–Trinajstić information content (AvgIpc) is 3.55. The van der Waals surface area contributed by atoms with E-state index < -0.39 is 12.1 Å². The number of fused-ring (bicyclic) bond motifs is 1. The van der Waals surface area contributed by atoms with Gasteiger partial charge < -0.3 is 20.4 Å². The molecule has 7 heteroatoms. The van der Waals surface area contributed by atoms with E-state index in [2.05, 4.69) is 69.1 Å². The number of aromatic amines is 1. The first-order chi connectivity index (χ1) is 21.4. The number of unbranched alkanes of at least 4 members (excludes halogenated alkanes) is 3. The van der Waals surface area contributed by atoms with Crippen molar-refractivity contribution in [3.63, 3.8) is 0 Å². The normalized spacial score (nSPS) is 13.3. The zero-order valence-corrected chi connectivity index (χ0v) is 26.0. The molecule has 0 radical (unpaired) electrons. The molecule has 0 fully saturated rings. The van der Waals surface area contributed by atoms with Crippen LogP contribution in [-0.2, 0) is 33.6 Å². The van der Waals surface area contributed by atoms with E-state index in [1.54, 1.807) is 12.5 Å². The number of amides is 2. The monoisotopic (exact) mass is 594 g/mol. The number of aldehydes is 1. The van der Waals surface area contributed by atoms with Crippen LogP contribution < -0.4 is 10.6 Å². The van der Waals surface area contributed by atoms with Gasteiger partial charge in [0.15, 0.2) is 0 Å². The van der Waals surface area contributed by atoms with E-state index in [4.69, 9.17) is 0 Å². The number of carbonyl (C=O) groups is 3. The van der Waals surface area contributed by atoms with Crippen molar-refractivity contribution < 1.29 is 14.4 Å². The third-order valence-electron chi connectivity index (χ3n) is 8.16. The van der Waals surface area contributed by atoms with Crippen LogP contribution >= 0.6 is 0 Å². The van der Waals surface area contributed by atoms with Gasteiger partial charge in [-0.15, -0.1) is 0 Å². The minimum atomic E-state index is -0.835. The van der Waals surface area contributed by atoms with Crippen LogP contribution in [0.3, 0.4) is 0 Å². The molecule has 0 aliphatic carbocycles. The van der Waals surface area contributed by atoms with Crippen molar-refractivity contribution in [2.24, 2.45) is 11.8 Å². The van der Waals surface area contributed by atoms with Crippen molar-refractivity contribution in [1.29, 1.82) is 0 Å². The number of hydrogen-bond acceptors (Lipinski definition) is 4. The van der Waals surface area contributed by atoms with Gasteiger partial charge in [0.05, 0.1) is 12.4 Å². The Morgan fingerprint density at radius 1 is 0.841 bits per heavy atom. The molecular weight excluding hydrogens is 548 g/mol. The summed E-state index contributed by atoms with van der Waals surface area (Å²) >= 11 is 0. The summed E-state index contributed by atoms with van der Waals surface area (Å²) in [6.07, 6.45) is 11.3. The van der Waals surface area contributed by atoms with E-state index in [-0.39, 0.29) is 30.1 Å². The molecule has 1 unspecified atom stereocenters. The second-order valence-electron chi connectivity index (χ2n) is 12.2. The number of rotatable bonds is 18. The third kappa shape index (κ3) is 10.2. The van der Waals surface area contributed by atoms with Crippen LogP contribution in [0.15, 0.2) is 85.3 Å². The topological polar surface area (TPSA) is 104 Å². The highest BCUT2D eigenvalue weighted by atomic mass is 16.2. The van der Waals surface area contributed by atoms with Crippen LogP contribution in [0.4, 0.5) is 0 Å². The SMILES string of the molecule is CC(C)C[C@@H](C=O)NC(=O)[C@H](Cc1cnc[nH]1)NC(=O)C(CCCCCCc1ccccc1)Cc1cccc2ccccc12. The average molecular weight is 595 g/mol. The van der Waals surface area contributed by atoms with Gasteiger partial charge in [-0.2, -0.15) is 0 Å². The molecule has 0 aliphatic heterocycles. The summed E-state index contributed by atoms with van der Waals surface area (Å²) in [5.74, 6) is -0.572.